The molecule has 1 aromatic carbocycles. The van der Waals surface area contributed by atoms with Crippen molar-refractivity contribution in [3.8, 4) is 12.1 Å². The Balaban J connectivity index is 2.60. The lowest BCUT2D eigenvalue weighted by molar-refractivity contribution is 0.00578. The zero-order valence-electron chi connectivity index (χ0n) is 16.5. The molecule has 0 bridgehead atoms. The molecule has 0 aliphatic carbocycles. The second kappa shape index (κ2) is 5.87. The molecular weight excluding hydrogens is 311 g/mol. The van der Waals surface area contributed by atoms with Gasteiger partial charge in [-0.05, 0) is 72.0 Å². The minimum absolute atomic E-state index is 0.441. The van der Waals surface area contributed by atoms with Crippen LogP contribution in [-0.4, -0.2) is 18.3 Å². The summed E-state index contributed by atoms with van der Waals surface area (Å²) in [7, 11) is -0.521. The lowest BCUT2D eigenvalue weighted by atomic mass is 9.71. The summed E-state index contributed by atoms with van der Waals surface area (Å²) < 4.78 is 12.3. The summed E-state index contributed by atoms with van der Waals surface area (Å²) in [4.78, 5) is 0. The van der Waals surface area contributed by atoms with Crippen molar-refractivity contribution in [1.29, 1.82) is 10.5 Å². The van der Waals surface area contributed by atoms with Crippen LogP contribution in [0.2, 0.25) is 0 Å². The molecule has 0 spiro atoms. The normalized spacial score (nSPS) is 19.4. The molecular formula is C20H27BN2O2. The van der Waals surface area contributed by atoms with E-state index in [0.29, 0.717) is 0 Å². The van der Waals surface area contributed by atoms with E-state index in [2.05, 4.69) is 12.1 Å². The Morgan fingerprint density at radius 3 is 1.48 bits per heavy atom. The largest absolute Gasteiger partial charge is 0.494 e. The highest BCUT2D eigenvalue weighted by Gasteiger charge is 2.52. The summed E-state index contributed by atoms with van der Waals surface area (Å²) in [5.74, 6) is 0. The van der Waals surface area contributed by atoms with Crippen LogP contribution in [0.1, 0.15) is 66.5 Å². The Labute approximate surface area is 151 Å². The third-order valence-electron chi connectivity index (χ3n) is 5.48. The monoisotopic (exact) mass is 338 g/mol. The van der Waals surface area contributed by atoms with Gasteiger partial charge in [0, 0.05) is 0 Å². The number of benzene rings is 1. The standard InChI is InChI=1S/C20H27BN2O2/c1-17(2,12-22)14-9-15(18(3,4)13-23)11-16(10-14)21-24-19(5,6)20(7,8)25-21/h9-11H,1-8H3. The van der Waals surface area contributed by atoms with Gasteiger partial charge >= 0.3 is 7.12 Å². The molecule has 1 heterocycles. The van der Waals surface area contributed by atoms with Crippen molar-refractivity contribution in [3.63, 3.8) is 0 Å². The molecule has 5 heteroatoms. The summed E-state index contributed by atoms with van der Waals surface area (Å²) in [6.07, 6.45) is 0. The van der Waals surface area contributed by atoms with Crippen molar-refractivity contribution in [2.45, 2.75) is 77.4 Å². The number of nitrogens with zero attached hydrogens (tertiary/aromatic N) is 2. The highest BCUT2D eigenvalue weighted by molar-refractivity contribution is 6.62. The SMILES string of the molecule is CC(C)(C#N)c1cc(B2OC(C)(C)C(C)(C)O2)cc(C(C)(C)C#N)c1. The maximum atomic E-state index is 9.54. The van der Waals surface area contributed by atoms with E-state index in [1.807, 2.05) is 73.6 Å². The first-order valence-corrected chi connectivity index (χ1v) is 8.60. The van der Waals surface area contributed by atoms with Gasteiger partial charge in [0.1, 0.15) is 0 Å². The van der Waals surface area contributed by atoms with E-state index in [9.17, 15) is 10.5 Å². The van der Waals surface area contributed by atoms with Crippen LogP contribution in [0.3, 0.4) is 0 Å². The minimum atomic E-state index is -0.667. The quantitative estimate of drug-likeness (QED) is 0.790. The maximum Gasteiger partial charge on any atom is 0.494 e. The van der Waals surface area contributed by atoms with Crippen LogP contribution in [0.25, 0.3) is 0 Å². The van der Waals surface area contributed by atoms with Crippen molar-refractivity contribution in [3.05, 3.63) is 29.3 Å². The van der Waals surface area contributed by atoms with E-state index in [0.717, 1.165) is 16.6 Å². The zero-order valence-corrected chi connectivity index (χ0v) is 16.5. The van der Waals surface area contributed by atoms with Gasteiger partial charge in [-0.15, -0.1) is 0 Å². The second-order valence-corrected chi connectivity index (χ2v) is 8.91. The van der Waals surface area contributed by atoms with Gasteiger partial charge in [0.25, 0.3) is 0 Å². The molecule has 2 rings (SSSR count). The summed E-state index contributed by atoms with van der Waals surface area (Å²) in [6, 6.07) is 10.5. The van der Waals surface area contributed by atoms with Crippen LogP contribution >= 0.6 is 0 Å². The Morgan fingerprint density at radius 2 is 1.16 bits per heavy atom. The Morgan fingerprint density at radius 1 is 0.800 bits per heavy atom. The molecule has 1 aromatic rings. The van der Waals surface area contributed by atoms with E-state index in [1.54, 1.807) is 0 Å². The van der Waals surface area contributed by atoms with Gasteiger partial charge in [-0.3, -0.25) is 0 Å². The van der Waals surface area contributed by atoms with Crippen LogP contribution in [-0.2, 0) is 20.1 Å². The first-order chi connectivity index (χ1) is 11.3. The molecule has 1 saturated heterocycles. The molecule has 25 heavy (non-hydrogen) atoms. The van der Waals surface area contributed by atoms with Crippen molar-refractivity contribution < 1.29 is 9.31 Å². The summed E-state index contributed by atoms with van der Waals surface area (Å²) in [5, 5.41) is 19.1. The van der Waals surface area contributed by atoms with Gasteiger partial charge in [-0.2, -0.15) is 10.5 Å². The van der Waals surface area contributed by atoms with Gasteiger partial charge in [-0.25, -0.2) is 0 Å². The third kappa shape index (κ3) is 3.45. The number of rotatable bonds is 3. The topological polar surface area (TPSA) is 66.0 Å². The number of hydrogen-bond acceptors (Lipinski definition) is 4. The highest BCUT2D eigenvalue weighted by Crippen LogP contribution is 2.37. The van der Waals surface area contributed by atoms with Crippen molar-refractivity contribution >= 4 is 12.6 Å². The van der Waals surface area contributed by atoms with E-state index in [1.165, 1.54) is 0 Å². The van der Waals surface area contributed by atoms with Gasteiger partial charge in [0.15, 0.2) is 0 Å². The van der Waals surface area contributed by atoms with Crippen LogP contribution in [0.4, 0.5) is 0 Å². The van der Waals surface area contributed by atoms with Crippen LogP contribution in [0.15, 0.2) is 18.2 Å². The molecule has 132 valence electrons. The summed E-state index contributed by atoms with van der Waals surface area (Å²) >= 11 is 0. The lowest BCUT2D eigenvalue weighted by Gasteiger charge is -2.32. The third-order valence-corrected chi connectivity index (χ3v) is 5.48. The van der Waals surface area contributed by atoms with Gasteiger partial charge in [-0.1, -0.05) is 18.2 Å². The van der Waals surface area contributed by atoms with Crippen LogP contribution < -0.4 is 5.46 Å². The van der Waals surface area contributed by atoms with Gasteiger partial charge in [0.2, 0.25) is 0 Å². The van der Waals surface area contributed by atoms with E-state index < -0.39 is 29.2 Å². The molecule has 1 fully saturated rings. The molecule has 0 amide bonds. The fourth-order valence-electron chi connectivity index (χ4n) is 2.62. The molecule has 4 nitrogen and oxygen atoms in total. The molecule has 0 unspecified atom stereocenters. The predicted octanol–water partition coefficient (Wildman–Crippen LogP) is 3.59. The molecule has 0 N–H and O–H groups in total. The van der Waals surface area contributed by atoms with E-state index in [4.69, 9.17) is 9.31 Å². The molecule has 1 aliphatic heterocycles. The highest BCUT2D eigenvalue weighted by atomic mass is 16.7. The van der Waals surface area contributed by atoms with Gasteiger partial charge in [0.05, 0.1) is 34.2 Å². The van der Waals surface area contributed by atoms with Crippen LogP contribution in [0, 0.1) is 22.7 Å². The lowest BCUT2D eigenvalue weighted by Crippen LogP contribution is -2.41. The summed E-state index contributed by atoms with van der Waals surface area (Å²) in [5.41, 5.74) is 0.353. The Kier molecular flexibility index (Phi) is 4.58. The second-order valence-electron chi connectivity index (χ2n) is 8.91. The zero-order chi connectivity index (χ0) is 19.3. The minimum Gasteiger partial charge on any atom is -0.399 e. The molecule has 1 aliphatic rings. The Hall–Kier alpha value is -1.82. The first-order valence-electron chi connectivity index (χ1n) is 8.60. The van der Waals surface area contributed by atoms with Crippen molar-refractivity contribution in [2.75, 3.05) is 0 Å². The fraction of sp³-hybridized carbons (Fsp3) is 0.600. The average molecular weight is 338 g/mol. The number of hydrogen-bond donors (Lipinski definition) is 0. The Bertz CT molecular complexity index is 707. The smallest absolute Gasteiger partial charge is 0.399 e. The maximum absolute atomic E-state index is 9.54. The molecule has 0 radical (unpaired) electrons. The molecule has 0 atom stereocenters. The number of nitriles is 2. The van der Waals surface area contributed by atoms with E-state index >= 15 is 0 Å². The fourth-order valence-corrected chi connectivity index (χ4v) is 2.62. The summed E-state index contributed by atoms with van der Waals surface area (Å²) in [6.45, 7) is 15.5. The predicted molar refractivity (Wildman–Crippen MR) is 99.4 cm³/mol. The van der Waals surface area contributed by atoms with Crippen molar-refractivity contribution in [2.24, 2.45) is 0 Å². The molecule has 0 saturated carbocycles. The van der Waals surface area contributed by atoms with Crippen LogP contribution in [0.5, 0.6) is 0 Å². The molecule has 0 aromatic heterocycles. The average Bonchev–Trinajstić information content (AvgIpc) is 2.75. The van der Waals surface area contributed by atoms with E-state index in [-0.39, 0.29) is 0 Å². The van der Waals surface area contributed by atoms with Gasteiger partial charge < -0.3 is 9.31 Å². The first kappa shape index (κ1) is 19.5. The van der Waals surface area contributed by atoms with Crippen molar-refractivity contribution in [1.82, 2.24) is 0 Å².